The van der Waals surface area contributed by atoms with Crippen molar-refractivity contribution >= 4 is 39.0 Å². The zero-order chi connectivity index (χ0) is 33.3. The smallest absolute Gasteiger partial charge is 0.137 e. The van der Waals surface area contributed by atoms with Crippen molar-refractivity contribution in [3.8, 4) is 44.5 Å². The quantitative estimate of drug-likeness (QED) is 0.173. The second-order valence-corrected chi connectivity index (χ2v) is 12.5. The second-order valence-electron chi connectivity index (χ2n) is 12.5. The third kappa shape index (κ3) is 5.24. The molecule has 236 valence electrons. The molecule has 0 aliphatic rings. The Morgan fingerprint density at radius 2 is 0.860 bits per heavy atom. The number of benzene rings is 8. The molecule has 0 aliphatic carbocycles. The Morgan fingerprint density at radius 1 is 0.340 bits per heavy atom. The maximum Gasteiger partial charge on any atom is 0.137 e. The van der Waals surface area contributed by atoms with Gasteiger partial charge in [0.15, 0.2) is 0 Å². The topological polar surface area (TPSA) is 16.4 Å². The van der Waals surface area contributed by atoms with Crippen molar-refractivity contribution in [3.05, 3.63) is 200 Å². The van der Waals surface area contributed by atoms with E-state index in [0.29, 0.717) is 0 Å². The first-order valence-corrected chi connectivity index (χ1v) is 17.0. The van der Waals surface area contributed by atoms with E-state index in [4.69, 9.17) is 4.42 Å². The minimum absolute atomic E-state index is 0.860. The van der Waals surface area contributed by atoms with Gasteiger partial charge in [0.2, 0.25) is 0 Å². The van der Waals surface area contributed by atoms with Crippen LogP contribution in [0.1, 0.15) is 0 Å². The van der Waals surface area contributed by atoms with Crippen molar-refractivity contribution in [3.63, 3.8) is 0 Å². The Labute approximate surface area is 292 Å². The van der Waals surface area contributed by atoms with Gasteiger partial charge in [-0.1, -0.05) is 164 Å². The van der Waals surface area contributed by atoms with Crippen LogP contribution >= 0.6 is 0 Å². The minimum Gasteiger partial charge on any atom is -0.456 e. The summed E-state index contributed by atoms with van der Waals surface area (Å²) in [4.78, 5) is 2.43. The molecule has 1 heterocycles. The molecule has 0 atom stereocenters. The molecule has 0 saturated heterocycles. The molecule has 50 heavy (non-hydrogen) atoms. The zero-order valence-corrected chi connectivity index (χ0v) is 27.4. The first-order chi connectivity index (χ1) is 24.8. The fourth-order valence-corrected chi connectivity index (χ4v) is 7.24. The molecule has 0 radical (unpaired) electrons. The van der Waals surface area contributed by atoms with Crippen LogP contribution < -0.4 is 4.90 Å². The normalized spacial score (nSPS) is 11.2. The van der Waals surface area contributed by atoms with Gasteiger partial charge in [0.05, 0.1) is 16.8 Å². The number of para-hydroxylation sites is 1. The molecule has 0 aliphatic heterocycles. The summed E-state index contributed by atoms with van der Waals surface area (Å²) in [6.07, 6.45) is 0. The molecule has 9 aromatic rings. The highest BCUT2D eigenvalue weighted by Gasteiger charge is 2.25. The summed E-state index contributed by atoms with van der Waals surface area (Å²) in [5.74, 6) is 0. The molecule has 0 N–H and O–H groups in total. The van der Waals surface area contributed by atoms with Crippen molar-refractivity contribution in [2.75, 3.05) is 4.90 Å². The van der Waals surface area contributed by atoms with E-state index in [0.717, 1.165) is 55.7 Å². The number of rotatable bonds is 7. The lowest BCUT2D eigenvalue weighted by molar-refractivity contribution is 0.669. The summed E-state index contributed by atoms with van der Waals surface area (Å²) in [7, 11) is 0. The first kappa shape index (κ1) is 29.5. The third-order valence-electron chi connectivity index (χ3n) is 9.48. The van der Waals surface area contributed by atoms with E-state index in [1.54, 1.807) is 0 Å². The first-order valence-electron chi connectivity index (χ1n) is 17.0. The van der Waals surface area contributed by atoms with Gasteiger partial charge in [-0.3, -0.25) is 0 Å². The summed E-state index contributed by atoms with van der Waals surface area (Å²) in [5.41, 5.74) is 14.3. The van der Waals surface area contributed by atoms with Crippen LogP contribution in [0.25, 0.3) is 66.4 Å². The zero-order valence-electron chi connectivity index (χ0n) is 27.4. The van der Waals surface area contributed by atoms with Crippen LogP contribution in [-0.2, 0) is 0 Å². The van der Waals surface area contributed by atoms with Crippen molar-refractivity contribution in [1.29, 1.82) is 0 Å². The van der Waals surface area contributed by atoms with E-state index in [2.05, 4.69) is 199 Å². The van der Waals surface area contributed by atoms with E-state index in [1.807, 2.05) is 6.07 Å². The predicted molar refractivity (Wildman–Crippen MR) is 210 cm³/mol. The van der Waals surface area contributed by atoms with E-state index >= 15 is 0 Å². The number of hydrogen-bond acceptors (Lipinski definition) is 2. The van der Waals surface area contributed by atoms with Gasteiger partial charge in [0, 0.05) is 16.6 Å². The molecule has 0 bridgehead atoms. The Balaban J connectivity index is 1.40. The molecule has 1 aromatic heterocycles. The van der Waals surface area contributed by atoms with E-state index in [-0.39, 0.29) is 0 Å². The van der Waals surface area contributed by atoms with Crippen molar-refractivity contribution < 1.29 is 4.42 Å². The van der Waals surface area contributed by atoms with Gasteiger partial charge in [-0.15, -0.1) is 0 Å². The summed E-state index contributed by atoms with van der Waals surface area (Å²) < 4.78 is 6.47. The maximum atomic E-state index is 6.47. The molecule has 0 fully saturated rings. The van der Waals surface area contributed by atoms with Crippen LogP contribution in [0.5, 0.6) is 0 Å². The summed E-state index contributed by atoms with van der Waals surface area (Å²) in [5, 5.41) is 2.17. The lowest BCUT2D eigenvalue weighted by atomic mass is 9.87. The molecule has 0 amide bonds. The van der Waals surface area contributed by atoms with E-state index in [9.17, 15) is 0 Å². The molecule has 9 rings (SSSR count). The van der Waals surface area contributed by atoms with Gasteiger partial charge in [0.25, 0.3) is 0 Å². The molecule has 0 unspecified atom stereocenters. The predicted octanol–water partition coefficient (Wildman–Crippen LogP) is 13.7. The summed E-state index contributed by atoms with van der Waals surface area (Å²) in [6, 6.07) is 71.1. The molecule has 2 nitrogen and oxygen atoms in total. The molecular weight excluding hydrogens is 607 g/mol. The Kier molecular flexibility index (Phi) is 7.53. The van der Waals surface area contributed by atoms with E-state index < -0.39 is 0 Å². The average molecular weight is 640 g/mol. The standard InChI is InChI=1S/C48H33NO/c1-4-17-34(18-5-1)37-23-14-24-38(33-37)49(44-30-16-32-46-48(44)42-27-12-13-31-45(42)50-46)43-29-15-28-40(36-21-8-3-9-22-36)47(43)41-26-11-10-25-39(41)35-19-6-2-7-20-35/h1-33H. The SMILES string of the molecule is c1ccc(-c2cccc(N(c3cccc(-c4ccccc4)c3-c3ccccc3-c3ccccc3)c3cccc4oc5ccccc5c34)c2)cc1. The van der Waals surface area contributed by atoms with Gasteiger partial charge in [0.1, 0.15) is 11.2 Å². The second kappa shape index (κ2) is 12.8. The fraction of sp³-hybridized carbons (Fsp3) is 0. The van der Waals surface area contributed by atoms with Crippen LogP contribution in [0.15, 0.2) is 205 Å². The van der Waals surface area contributed by atoms with Crippen LogP contribution in [0.2, 0.25) is 0 Å². The fourth-order valence-electron chi connectivity index (χ4n) is 7.24. The lowest BCUT2D eigenvalue weighted by Crippen LogP contribution is -2.12. The Hall–Kier alpha value is -6.64. The highest BCUT2D eigenvalue weighted by molar-refractivity contribution is 6.14. The largest absolute Gasteiger partial charge is 0.456 e. The summed E-state index contributed by atoms with van der Waals surface area (Å²) in [6.45, 7) is 0. The van der Waals surface area contributed by atoms with Crippen LogP contribution in [0.3, 0.4) is 0 Å². The van der Waals surface area contributed by atoms with Crippen LogP contribution in [0, 0.1) is 0 Å². The van der Waals surface area contributed by atoms with Gasteiger partial charge in [-0.2, -0.15) is 0 Å². The van der Waals surface area contributed by atoms with E-state index in [1.165, 1.54) is 27.8 Å². The number of fused-ring (bicyclic) bond motifs is 3. The lowest BCUT2D eigenvalue weighted by Gasteiger charge is -2.30. The third-order valence-corrected chi connectivity index (χ3v) is 9.48. The van der Waals surface area contributed by atoms with Gasteiger partial charge >= 0.3 is 0 Å². The van der Waals surface area contributed by atoms with Crippen LogP contribution in [0.4, 0.5) is 17.1 Å². The molecule has 0 spiro atoms. The van der Waals surface area contributed by atoms with Crippen LogP contribution in [-0.4, -0.2) is 0 Å². The van der Waals surface area contributed by atoms with Crippen molar-refractivity contribution in [2.24, 2.45) is 0 Å². The summed E-state index contributed by atoms with van der Waals surface area (Å²) >= 11 is 0. The number of anilines is 3. The average Bonchev–Trinajstić information content (AvgIpc) is 3.59. The molecule has 8 aromatic carbocycles. The monoisotopic (exact) mass is 639 g/mol. The van der Waals surface area contributed by atoms with Crippen molar-refractivity contribution in [2.45, 2.75) is 0 Å². The molecular formula is C48H33NO. The Bertz CT molecular complexity index is 2590. The highest BCUT2D eigenvalue weighted by Crippen LogP contribution is 2.50. The van der Waals surface area contributed by atoms with Gasteiger partial charge < -0.3 is 9.32 Å². The maximum absolute atomic E-state index is 6.47. The van der Waals surface area contributed by atoms with Crippen molar-refractivity contribution in [1.82, 2.24) is 0 Å². The number of nitrogens with zero attached hydrogens (tertiary/aromatic N) is 1. The minimum atomic E-state index is 0.860. The Morgan fingerprint density at radius 3 is 1.62 bits per heavy atom. The molecule has 0 saturated carbocycles. The van der Waals surface area contributed by atoms with Gasteiger partial charge in [-0.05, 0) is 75.3 Å². The number of hydrogen-bond donors (Lipinski definition) is 0. The number of furan rings is 1. The van der Waals surface area contributed by atoms with Gasteiger partial charge in [-0.25, -0.2) is 0 Å². The highest BCUT2D eigenvalue weighted by atomic mass is 16.3. The molecule has 2 heteroatoms.